The Morgan fingerprint density at radius 1 is 1.35 bits per heavy atom. The number of aliphatic hydroxyl groups is 1. The van der Waals surface area contributed by atoms with E-state index in [9.17, 15) is 9.90 Å². The third-order valence-corrected chi connectivity index (χ3v) is 3.85. The van der Waals surface area contributed by atoms with E-state index in [0.717, 1.165) is 37.9 Å². The maximum Gasteiger partial charge on any atom is 0.316 e. The number of nitrogens with zero attached hydrogens (tertiary/aromatic N) is 1. The minimum absolute atomic E-state index is 0.0230. The molecule has 1 heterocycles. The fraction of sp³-hybridized carbons (Fsp3) is 0.562. The molecule has 0 bridgehead atoms. The normalized spacial score (nSPS) is 22.0. The second-order valence-corrected chi connectivity index (χ2v) is 5.44. The van der Waals surface area contributed by atoms with Gasteiger partial charge >= 0.3 is 5.97 Å². The van der Waals surface area contributed by atoms with Crippen molar-refractivity contribution in [2.24, 2.45) is 0 Å². The smallest absolute Gasteiger partial charge is 0.316 e. The Balaban J connectivity index is 1.95. The Morgan fingerprint density at radius 2 is 2.10 bits per heavy atom. The van der Waals surface area contributed by atoms with Gasteiger partial charge in [-0.25, -0.2) is 0 Å². The van der Waals surface area contributed by atoms with Crippen LogP contribution in [0.15, 0.2) is 30.3 Å². The molecular weight excluding hydrogens is 254 g/mol. The van der Waals surface area contributed by atoms with Gasteiger partial charge in [0.2, 0.25) is 0 Å². The number of ether oxygens (including phenoxy) is 1. The van der Waals surface area contributed by atoms with E-state index in [1.165, 1.54) is 0 Å². The molecule has 1 aromatic rings. The lowest BCUT2D eigenvalue weighted by atomic mass is 10.0. The van der Waals surface area contributed by atoms with Gasteiger partial charge < -0.3 is 14.7 Å². The van der Waals surface area contributed by atoms with E-state index in [0.29, 0.717) is 0 Å². The van der Waals surface area contributed by atoms with Crippen LogP contribution in [-0.4, -0.2) is 48.8 Å². The van der Waals surface area contributed by atoms with Crippen molar-refractivity contribution in [3.05, 3.63) is 35.9 Å². The van der Waals surface area contributed by atoms with Gasteiger partial charge in [-0.3, -0.25) is 4.79 Å². The van der Waals surface area contributed by atoms with Gasteiger partial charge in [0.25, 0.3) is 0 Å². The second-order valence-electron chi connectivity index (χ2n) is 5.44. The Morgan fingerprint density at radius 3 is 2.80 bits per heavy atom. The number of carbonyl (C=O) groups is 1. The SMILES string of the molecule is CN1CCCC(OC(=O)[C@@H](CO)c2ccccc2)CC1. The summed E-state index contributed by atoms with van der Waals surface area (Å²) in [6.07, 6.45) is 2.80. The first-order valence-electron chi connectivity index (χ1n) is 7.25. The summed E-state index contributed by atoms with van der Waals surface area (Å²) in [5.41, 5.74) is 0.811. The Labute approximate surface area is 120 Å². The molecule has 4 heteroatoms. The molecule has 1 fully saturated rings. The summed E-state index contributed by atoms with van der Waals surface area (Å²) < 4.78 is 5.60. The van der Waals surface area contributed by atoms with Crippen molar-refractivity contribution in [3.8, 4) is 0 Å². The molecule has 0 amide bonds. The number of hydrogen-bond acceptors (Lipinski definition) is 4. The molecule has 4 nitrogen and oxygen atoms in total. The van der Waals surface area contributed by atoms with Gasteiger partial charge in [0.1, 0.15) is 12.0 Å². The summed E-state index contributed by atoms with van der Waals surface area (Å²) >= 11 is 0. The molecule has 1 aliphatic heterocycles. The van der Waals surface area contributed by atoms with Crippen molar-refractivity contribution in [1.29, 1.82) is 0 Å². The molecule has 2 rings (SSSR count). The largest absolute Gasteiger partial charge is 0.462 e. The quantitative estimate of drug-likeness (QED) is 0.853. The first kappa shape index (κ1) is 15.0. The Bertz CT molecular complexity index is 421. The molecule has 110 valence electrons. The highest BCUT2D eigenvalue weighted by Crippen LogP contribution is 2.20. The third-order valence-electron chi connectivity index (χ3n) is 3.85. The number of esters is 1. The number of hydrogen-bond donors (Lipinski definition) is 1. The lowest BCUT2D eigenvalue weighted by Crippen LogP contribution is -2.26. The van der Waals surface area contributed by atoms with E-state index in [4.69, 9.17) is 4.74 Å². The van der Waals surface area contributed by atoms with Gasteiger partial charge in [-0.05, 0) is 38.4 Å². The van der Waals surface area contributed by atoms with Gasteiger partial charge in [0.05, 0.1) is 6.61 Å². The number of carbonyl (C=O) groups excluding carboxylic acids is 1. The first-order valence-corrected chi connectivity index (χ1v) is 7.25. The minimum Gasteiger partial charge on any atom is -0.462 e. The van der Waals surface area contributed by atoms with Crippen molar-refractivity contribution >= 4 is 5.97 Å². The number of benzene rings is 1. The first-order chi connectivity index (χ1) is 9.70. The van der Waals surface area contributed by atoms with Crippen LogP contribution in [0.5, 0.6) is 0 Å². The van der Waals surface area contributed by atoms with Crippen LogP contribution in [0, 0.1) is 0 Å². The molecule has 1 saturated heterocycles. The number of likely N-dealkylation sites (tertiary alicyclic amines) is 1. The summed E-state index contributed by atoms with van der Waals surface area (Å²) in [5.74, 6) is -0.884. The highest BCUT2D eigenvalue weighted by Gasteiger charge is 2.25. The summed E-state index contributed by atoms with van der Waals surface area (Å²) in [5, 5.41) is 9.47. The molecule has 1 unspecified atom stereocenters. The van der Waals surface area contributed by atoms with Crippen molar-refractivity contribution in [2.45, 2.75) is 31.3 Å². The van der Waals surface area contributed by atoms with Crippen molar-refractivity contribution in [1.82, 2.24) is 4.90 Å². The molecule has 0 aromatic heterocycles. The molecule has 2 atom stereocenters. The summed E-state index contributed by atoms with van der Waals surface area (Å²) in [4.78, 5) is 14.5. The molecule has 1 aliphatic rings. The maximum absolute atomic E-state index is 12.2. The van der Waals surface area contributed by atoms with E-state index in [1.54, 1.807) is 0 Å². The lowest BCUT2D eigenvalue weighted by molar-refractivity contribution is -0.152. The molecule has 1 N–H and O–H groups in total. The van der Waals surface area contributed by atoms with E-state index < -0.39 is 5.92 Å². The number of rotatable bonds is 4. The van der Waals surface area contributed by atoms with Gasteiger partial charge in [-0.1, -0.05) is 30.3 Å². The van der Waals surface area contributed by atoms with Gasteiger partial charge in [0, 0.05) is 6.54 Å². The molecule has 0 saturated carbocycles. The second kappa shape index (κ2) is 7.41. The molecule has 0 radical (unpaired) electrons. The van der Waals surface area contributed by atoms with Crippen LogP contribution in [0.25, 0.3) is 0 Å². The van der Waals surface area contributed by atoms with Crippen LogP contribution in [0.2, 0.25) is 0 Å². The zero-order chi connectivity index (χ0) is 14.4. The van der Waals surface area contributed by atoms with Crippen LogP contribution in [0.1, 0.15) is 30.7 Å². The van der Waals surface area contributed by atoms with Crippen LogP contribution in [0.4, 0.5) is 0 Å². The highest BCUT2D eigenvalue weighted by molar-refractivity contribution is 5.78. The van der Waals surface area contributed by atoms with Gasteiger partial charge in [-0.15, -0.1) is 0 Å². The van der Waals surface area contributed by atoms with Crippen molar-refractivity contribution in [3.63, 3.8) is 0 Å². The molecule has 0 aliphatic carbocycles. The fourth-order valence-electron chi connectivity index (χ4n) is 2.58. The van der Waals surface area contributed by atoms with E-state index in [2.05, 4.69) is 11.9 Å². The monoisotopic (exact) mass is 277 g/mol. The topological polar surface area (TPSA) is 49.8 Å². The maximum atomic E-state index is 12.2. The van der Waals surface area contributed by atoms with Crippen LogP contribution < -0.4 is 0 Å². The van der Waals surface area contributed by atoms with E-state index >= 15 is 0 Å². The molecule has 20 heavy (non-hydrogen) atoms. The van der Waals surface area contributed by atoms with E-state index in [-0.39, 0.29) is 18.7 Å². The Hall–Kier alpha value is -1.39. The summed E-state index contributed by atoms with van der Waals surface area (Å²) in [7, 11) is 2.09. The van der Waals surface area contributed by atoms with Crippen molar-refractivity contribution in [2.75, 3.05) is 26.7 Å². The molecule has 1 aromatic carbocycles. The third kappa shape index (κ3) is 4.05. The van der Waals surface area contributed by atoms with Crippen LogP contribution in [0.3, 0.4) is 0 Å². The van der Waals surface area contributed by atoms with E-state index in [1.807, 2.05) is 30.3 Å². The van der Waals surface area contributed by atoms with Crippen LogP contribution in [-0.2, 0) is 9.53 Å². The molecule has 0 spiro atoms. The van der Waals surface area contributed by atoms with Crippen molar-refractivity contribution < 1.29 is 14.6 Å². The number of aliphatic hydroxyl groups excluding tert-OH is 1. The van der Waals surface area contributed by atoms with Gasteiger partial charge in [0.15, 0.2) is 0 Å². The predicted molar refractivity (Wildman–Crippen MR) is 77.5 cm³/mol. The standard InChI is InChI=1S/C16H23NO3/c1-17-10-5-8-14(9-11-17)20-16(19)15(12-18)13-6-3-2-4-7-13/h2-4,6-7,14-15,18H,5,8-12H2,1H3/t14?,15-/m0/s1. The average molecular weight is 277 g/mol. The van der Waals surface area contributed by atoms with Gasteiger partial charge in [-0.2, -0.15) is 0 Å². The zero-order valence-electron chi connectivity index (χ0n) is 12.0. The average Bonchev–Trinajstić information content (AvgIpc) is 2.66. The zero-order valence-corrected chi connectivity index (χ0v) is 12.0. The fourth-order valence-corrected chi connectivity index (χ4v) is 2.58. The Kier molecular flexibility index (Phi) is 5.56. The lowest BCUT2D eigenvalue weighted by Gasteiger charge is -2.20. The minimum atomic E-state index is -0.572. The summed E-state index contributed by atoms with van der Waals surface area (Å²) in [6.45, 7) is 1.79. The van der Waals surface area contributed by atoms with Crippen LogP contribution >= 0.6 is 0 Å². The summed E-state index contributed by atoms with van der Waals surface area (Å²) in [6, 6.07) is 9.33. The molecular formula is C16H23NO3. The predicted octanol–water partition coefficient (Wildman–Crippen LogP) is 1.79. The highest BCUT2D eigenvalue weighted by atomic mass is 16.5.